The van der Waals surface area contributed by atoms with Gasteiger partial charge in [-0.1, -0.05) is 37.5 Å². The average molecular weight is 243 g/mol. The fourth-order valence-electron chi connectivity index (χ4n) is 3.58. The molecule has 1 saturated carbocycles. The van der Waals surface area contributed by atoms with Gasteiger partial charge in [0.25, 0.3) is 5.91 Å². The molecule has 1 amide bonds. The van der Waals surface area contributed by atoms with Gasteiger partial charge in [-0.25, -0.2) is 0 Å². The first-order valence-electron chi connectivity index (χ1n) is 7.14. The summed E-state index contributed by atoms with van der Waals surface area (Å²) >= 11 is 0. The van der Waals surface area contributed by atoms with Crippen LogP contribution in [0.1, 0.15) is 48.9 Å². The summed E-state index contributed by atoms with van der Waals surface area (Å²) < 4.78 is 0. The number of nitrogens with zero attached hydrogens (tertiary/aromatic N) is 1. The van der Waals surface area contributed by atoms with Gasteiger partial charge in [-0.2, -0.15) is 0 Å². The van der Waals surface area contributed by atoms with Gasteiger partial charge in [-0.3, -0.25) is 4.79 Å². The van der Waals surface area contributed by atoms with E-state index in [9.17, 15) is 4.79 Å². The molecule has 96 valence electrons. The van der Waals surface area contributed by atoms with Crippen LogP contribution < -0.4 is 0 Å². The number of hydrogen-bond donors (Lipinski definition) is 0. The van der Waals surface area contributed by atoms with Crippen LogP contribution in [0.2, 0.25) is 0 Å². The van der Waals surface area contributed by atoms with Gasteiger partial charge in [0.05, 0.1) is 0 Å². The van der Waals surface area contributed by atoms with E-state index in [1.54, 1.807) is 0 Å². The predicted octanol–water partition coefficient (Wildman–Crippen LogP) is 3.48. The summed E-state index contributed by atoms with van der Waals surface area (Å²) in [6.45, 7) is 1.94. The van der Waals surface area contributed by atoms with Crippen molar-refractivity contribution in [1.82, 2.24) is 4.90 Å². The molecule has 1 heterocycles. The second-order valence-electron chi connectivity index (χ2n) is 5.90. The van der Waals surface area contributed by atoms with Gasteiger partial charge in [0, 0.05) is 18.7 Å². The van der Waals surface area contributed by atoms with Crippen molar-refractivity contribution >= 4 is 5.91 Å². The summed E-state index contributed by atoms with van der Waals surface area (Å²) in [4.78, 5) is 14.5. The zero-order chi connectivity index (χ0) is 12.4. The first kappa shape index (κ1) is 11.8. The van der Waals surface area contributed by atoms with Gasteiger partial charge >= 0.3 is 0 Å². The van der Waals surface area contributed by atoms with E-state index in [4.69, 9.17) is 0 Å². The normalized spacial score (nSPS) is 22.3. The van der Waals surface area contributed by atoms with E-state index >= 15 is 0 Å². The Morgan fingerprint density at radius 1 is 1.00 bits per heavy atom. The van der Waals surface area contributed by atoms with E-state index in [0.29, 0.717) is 5.41 Å². The minimum absolute atomic E-state index is 0.220. The summed E-state index contributed by atoms with van der Waals surface area (Å²) in [5.74, 6) is 0.220. The number of likely N-dealkylation sites (tertiary alicyclic amines) is 1. The minimum atomic E-state index is 0.220. The molecule has 3 rings (SSSR count). The summed E-state index contributed by atoms with van der Waals surface area (Å²) in [6.07, 6.45) is 7.96. The molecule has 1 aliphatic heterocycles. The predicted molar refractivity (Wildman–Crippen MR) is 72.5 cm³/mol. The molecule has 18 heavy (non-hydrogen) atoms. The molecule has 1 aromatic carbocycles. The first-order chi connectivity index (χ1) is 8.79. The molecule has 1 aliphatic carbocycles. The first-order valence-corrected chi connectivity index (χ1v) is 7.14. The maximum absolute atomic E-state index is 12.4. The number of amides is 1. The third kappa shape index (κ3) is 2.16. The molecule has 0 N–H and O–H groups in total. The number of carbonyl (C=O) groups is 1. The van der Waals surface area contributed by atoms with Crippen molar-refractivity contribution in [3.05, 3.63) is 35.9 Å². The maximum Gasteiger partial charge on any atom is 0.253 e. The third-order valence-corrected chi connectivity index (χ3v) is 4.66. The third-order valence-electron chi connectivity index (χ3n) is 4.66. The smallest absolute Gasteiger partial charge is 0.253 e. The topological polar surface area (TPSA) is 20.3 Å². The van der Waals surface area contributed by atoms with Crippen molar-refractivity contribution in [2.45, 2.75) is 38.5 Å². The van der Waals surface area contributed by atoms with Crippen LogP contribution in [0.4, 0.5) is 0 Å². The average Bonchev–Trinajstić information content (AvgIpc) is 2.83. The summed E-state index contributed by atoms with van der Waals surface area (Å²) in [6, 6.07) is 9.70. The standard InChI is InChI=1S/C16H21NO/c18-15(14-7-3-1-4-8-14)17-12-11-16(13-17)9-5-2-6-10-16/h1,3-4,7-8H,2,5-6,9-13H2. The lowest BCUT2D eigenvalue weighted by Crippen LogP contribution is -2.33. The second kappa shape index (κ2) is 4.75. The summed E-state index contributed by atoms with van der Waals surface area (Å²) in [7, 11) is 0. The number of hydrogen-bond acceptors (Lipinski definition) is 1. The Morgan fingerprint density at radius 2 is 1.72 bits per heavy atom. The largest absolute Gasteiger partial charge is 0.338 e. The van der Waals surface area contributed by atoms with Gasteiger partial charge < -0.3 is 4.90 Å². The Bertz CT molecular complexity index is 420. The second-order valence-corrected chi connectivity index (χ2v) is 5.90. The van der Waals surface area contributed by atoms with Crippen LogP contribution in [0.25, 0.3) is 0 Å². The van der Waals surface area contributed by atoms with Crippen LogP contribution in [0, 0.1) is 5.41 Å². The molecule has 0 atom stereocenters. The van der Waals surface area contributed by atoms with E-state index in [1.807, 2.05) is 30.3 Å². The van der Waals surface area contributed by atoms with Crippen molar-refractivity contribution in [2.75, 3.05) is 13.1 Å². The van der Waals surface area contributed by atoms with E-state index in [-0.39, 0.29) is 5.91 Å². The van der Waals surface area contributed by atoms with Crippen molar-refractivity contribution in [3.8, 4) is 0 Å². The van der Waals surface area contributed by atoms with Crippen molar-refractivity contribution < 1.29 is 4.79 Å². The highest BCUT2D eigenvalue weighted by molar-refractivity contribution is 5.94. The molecule has 0 aromatic heterocycles. The SMILES string of the molecule is O=C(c1ccccc1)N1CCC2(CCCCC2)C1. The quantitative estimate of drug-likeness (QED) is 0.739. The number of benzene rings is 1. The highest BCUT2D eigenvalue weighted by atomic mass is 16.2. The van der Waals surface area contributed by atoms with E-state index in [2.05, 4.69) is 4.90 Å². The van der Waals surface area contributed by atoms with Crippen LogP contribution in [0.15, 0.2) is 30.3 Å². The minimum Gasteiger partial charge on any atom is -0.338 e. The molecule has 0 bridgehead atoms. The molecule has 1 saturated heterocycles. The summed E-state index contributed by atoms with van der Waals surface area (Å²) in [5, 5.41) is 0. The Labute approximate surface area is 109 Å². The Balaban J connectivity index is 1.70. The highest BCUT2D eigenvalue weighted by Gasteiger charge is 2.40. The van der Waals surface area contributed by atoms with Crippen LogP contribution >= 0.6 is 0 Å². The zero-order valence-electron chi connectivity index (χ0n) is 10.9. The molecule has 1 spiro atoms. The van der Waals surface area contributed by atoms with Gasteiger partial charge in [0.2, 0.25) is 0 Å². The van der Waals surface area contributed by atoms with Gasteiger partial charge in [-0.15, -0.1) is 0 Å². The van der Waals surface area contributed by atoms with Crippen LogP contribution in [0.5, 0.6) is 0 Å². The lowest BCUT2D eigenvalue weighted by molar-refractivity contribution is 0.0759. The van der Waals surface area contributed by atoms with Crippen molar-refractivity contribution in [2.24, 2.45) is 5.41 Å². The van der Waals surface area contributed by atoms with E-state index in [0.717, 1.165) is 18.7 Å². The fourth-order valence-corrected chi connectivity index (χ4v) is 3.58. The molecular weight excluding hydrogens is 222 g/mol. The van der Waals surface area contributed by atoms with Gasteiger partial charge in [0.1, 0.15) is 0 Å². The molecular formula is C16H21NO. The Kier molecular flexibility index (Phi) is 3.11. The van der Waals surface area contributed by atoms with E-state index in [1.165, 1.54) is 38.5 Å². The highest BCUT2D eigenvalue weighted by Crippen LogP contribution is 2.43. The maximum atomic E-state index is 12.4. The molecule has 2 fully saturated rings. The number of carbonyl (C=O) groups excluding carboxylic acids is 1. The van der Waals surface area contributed by atoms with Gasteiger partial charge in [-0.05, 0) is 36.8 Å². The fraction of sp³-hybridized carbons (Fsp3) is 0.562. The van der Waals surface area contributed by atoms with Crippen LogP contribution in [-0.2, 0) is 0 Å². The van der Waals surface area contributed by atoms with Gasteiger partial charge in [0.15, 0.2) is 0 Å². The zero-order valence-corrected chi connectivity index (χ0v) is 10.9. The molecule has 2 nitrogen and oxygen atoms in total. The van der Waals surface area contributed by atoms with Crippen LogP contribution in [0.3, 0.4) is 0 Å². The molecule has 2 aliphatic rings. The molecule has 1 aromatic rings. The lowest BCUT2D eigenvalue weighted by atomic mass is 9.73. The monoisotopic (exact) mass is 243 g/mol. The Hall–Kier alpha value is -1.31. The van der Waals surface area contributed by atoms with Crippen molar-refractivity contribution in [3.63, 3.8) is 0 Å². The lowest BCUT2D eigenvalue weighted by Gasteiger charge is -2.33. The molecule has 0 radical (unpaired) electrons. The molecule has 0 unspecified atom stereocenters. The van der Waals surface area contributed by atoms with Crippen molar-refractivity contribution in [1.29, 1.82) is 0 Å². The molecule has 2 heteroatoms. The van der Waals surface area contributed by atoms with Crippen LogP contribution in [-0.4, -0.2) is 23.9 Å². The van der Waals surface area contributed by atoms with E-state index < -0.39 is 0 Å². The number of rotatable bonds is 1. The summed E-state index contributed by atoms with van der Waals surface area (Å²) in [5.41, 5.74) is 1.30. The Morgan fingerprint density at radius 3 is 2.44 bits per heavy atom.